The molecule has 2 rings (SSSR count). The molecular weight excluding hydrogens is 282 g/mol. The van der Waals surface area contributed by atoms with Gasteiger partial charge < -0.3 is 5.11 Å². The molecule has 20 heavy (non-hydrogen) atoms. The van der Waals surface area contributed by atoms with Crippen LogP contribution in [0.25, 0.3) is 5.65 Å². The summed E-state index contributed by atoms with van der Waals surface area (Å²) < 4.78 is 2.09. The number of carbonyl (C=O) groups is 2. The van der Waals surface area contributed by atoms with Crippen molar-refractivity contribution in [2.75, 3.05) is 11.5 Å². The average molecular weight is 295 g/mol. The SMILES string of the molecule is CC(CSCC(=O)n1nc2ccccn2c1=O)C(=O)O. The quantitative estimate of drug-likeness (QED) is 0.867. The summed E-state index contributed by atoms with van der Waals surface area (Å²) in [6.07, 6.45) is 1.54. The molecule has 2 aromatic heterocycles. The summed E-state index contributed by atoms with van der Waals surface area (Å²) in [5.41, 5.74) is -0.118. The lowest BCUT2D eigenvalue weighted by atomic mass is 10.2. The number of hydrogen-bond donors (Lipinski definition) is 1. The largest absolute Gasteiger partial charge is 0.481 e. The van der Waals surface area contributed by atoms with E-state index in [1.54, 1.807) is 25.1 Å². The summed E-state index contributed by atoms with van der Waals surface area (Å²) >= 11 is 1.17. The van der Waals surface area contributed by atoms with Crippen LogP contribution in [0.2, 0.25) is 0 Å². The highest BCUT2D eigenvalue weighted by Crippen LogP contribution is 2.08. The van der Waals surface area contributed by atoms with E-state index in [0.29, 0.717) is 11.4 Å². The molecule has 8 heteroatoms. The average Bonchev–Trinajstić information content (AvgIpc) is 2.76. The van der Waals surface area contributed by atoms with Crippen molar-refractivity contribution in [3.05, 3.63) is 34.9 Å². The lowest BCUT2D eigenvalue weighted by Crippen LogP contribution is -2.29. The topological polar surface area (TPSA) is 93.7 Å². The van der Waals surface area contributed by atoms with Gasteiger partial charge in [-0.05, 0) is 12.1 Å². The number of carboxylic acids is 1. The van der Waals surface area contributed by atoms with Crippen molar-refractivity contribution in [3.63, 3.8) is 0 Å². The minimum absolute atomic E-state index is 0.0153. The van der Waals surface area contributed by atoms with Gasteiger partial charge in [0.1, 0.15) is 0 Å². The molecule has 106 valence electrons. The molecule has 1 atom stereocenters. The summed E-state index contributed by atoms with van der Waals surface area (Å²) in [7, 11) is 0. The normalized spacial score (nSPS) is 12.4. The first-order chi connectivity index (χ1) is 9.50. The second-order valence-electron chi connectivity index (χ2n) is 4.27. The second-order valence-corrected chi connectivity index (χ2v) is 5.30. The zero-order chi connectivity index (χ0) is 14.7. The van der Waals surface area contributed by atoms with Gasteiger partial charge in [0.15, 0.2) is 5.65 Å². The summed E-state index contributed by atoms with van der Waals surface area (Å²) in [4.78, 5) is 34.5. The van der Waals surface area contributed by atoms with Crippen molar-refractivity contribution in [2.24, 2.45) is 5.92 Å². The predicted octanol–water partition coefficient (Wildman–Crippen LogP) is 0.590. The fourth-order valence-corrected chi connectivity index (χ4v) is 2.45. The predicted molar refractivity (Wildman–Crippen MR) is 74.2 cm³/mol. The van der Waals surface area contributed by atoms with Crippen LogP contribution >= 0.6 is 11.8 Å². The Morgan fingerprint density at radius 1 is 1.45 bits per heavy atom. The molecule has 0 spiro atoms. The molecule has 1 N–H and O–H groups in total. The summed E-state index contributed by atoms with van der Waals surface area (Å²) in [6, 6.07) is 5.03. The molecule has 0 radical (unpaired) electrons. The van der Waals surface area contributed by atoms with E-state index in [0.717, 1.165) is 4.68 Å². The van der Waals surface area contributed by atoms with E-state index in [1.165, 1.54) is 22.4 Å². The first-order valence-electron chi connectivity index (χ1n) is 5.91. The highest BCUT2D eigenvalue weighted by atomic mass is 32.2. The van der Waals surface area contributed by atoms with Gasteiger partial charge in [-0.1, -0.05) is 13.0 Å². The molecule has 0 aliphatic heterocycles. The van der Waals surface area contributed by atoms with E-state index in [-0.39, 0.29) is 5.75 Å². The smallest absolute Gasteiger partial charge is 0.357 e. The first kappa shape index (κ1) is 14.3. The van der Waals surface area contributed by atoms with Crippen LogP contribution in [0.3, 0.4) is 0 Å². The maximum absolute atomic E-state index is 11.9. The van der Waals surface area contributed by atoms with Crippen LogP contribution in [0.1, 0.15) is 11.7 Å². The Morgan fingerprint density at radius 2 is 2.20 bits per heavy atom. The Balaban J connectivity index is 2.07. The van der Waals surface area contributed by atoms with E-state index in [4.69, 9.17) is 5.11 Å². The number of aliphatic carboxylic acids is 1. The molecule has 7 nitrogen and oxygen atoms in total. The Labute approximate surface area is 118 Å². The number of hydrogen-bond acceptors (Lipinski definition) is 5. The fourth-order valence-electron chi connectivity index (χ4n) is 1.54. The monoisotopic (exact) mass is 295 g/mol. The van der Waals surface area contributed by atoms with Gasteiger partial charge in [-0.2, -0.15) is 11.8 Å². The molecule has 0 fully saturated rings. The van der Waals surface area contributed by atoms with Gasteiger partial charge in [0, 0.05) is 11.9 Å². The molecule has 0 saturated carbocycles. The van der Waals surface area contributed by atoms with Gasteiger partial charge in [0.05, 0.1) is 11.7 Å². The van der Waals surface area contributed by atoms with Crippen molar-refractivity contribution in [1.29, 1.82) is 0 Å². The minimum atomic E-state index is -0.908. The van der Waals surface area contributed by atoms with E-state index >= 15 is 0 Å². The Bertz CT molecular complexity index is 706. The fraction of sp³-hybridized carbons (Fsp3) is 0.333. The third-order valence-electron chi connectivity index (χ3n) is 2.68. The van der Waals surface area contributed by atoms with Crippen molar-refractivity contribution in [1.82, 2.24) is 14.2 Å². The third kappa shape index (κ3) is 2.90. The summed E-state index contributed by atoms with van der Waals surface area (Å²) in [5.74, 6) is -1.58. The second kappa shape index (κ2) is 5.91. The molecule has 0 aliphatic carbocycles. The molecule has 1 unspecified atom stereocenters. The molecule has 0 amide bonds. The van der Waals surface area contributed by atoms with Gasteiger partial charge >= 0.3 is 11.7 Å². The van der Waals surface area contributed by atoms with Gasteiger partial charge in [0.2, 0.25) is 0 Å². The zero-order valence-electron chi connectivity index (χ0n) is 10.7. The number of nitrogens with zero attached hydrogens (tertiary/aromatic N) is 3. The molecule has 0 bridgehead atoms. The van der Waals surface area contributed by atoms with E-state index < -0.39 is 23.5 Å². The summed E-state index contributed by atoms with van der Waals surface area (Å²) in [5, 5.41) is 12.7. The number of thioether (sulfide) groups is 1. The number of pyridine rings is 1. The first-order valence-corrected chi connectivity index (χ1v) is 7.06. The number of carboxylic acid groups (broad SMARTS) is 1. The maximum Gasteiger partial charge on any atom is 0.357 e. The number of aromatic nitrogens is 3. The van der Waals surface area contributed by atoms with Crippen LogP contribution in [0.5, 0.6) is 0 Å². The zero-order valence-corrected chi connectivity index (χ0v) is 11.5. The van der Waals surface area contributed by atoms with Gasteiger partial charge in [0.25, 0.3) is 5.91 Å². The molecular formula is C12H13N3O4S. The maximum atomic E-state index is 11.9. The lowest BCUT2D eigenvalue weighted by molar-refractivity contribution is -0.140. The van der Waals surface area contributed by atoms with E-state index in [9.17, 15) is 14.4 Å². The van der Waals surface area contributed by atoms with Crippen LogP contribution < -0.4 is 5.69 Å². The van der Waals surface area contributed by atoms with Crippen molar-refractivity contribution < 1.29 is 14.7 Å². The van der Waals surface area contributed by atoms with E-state index in [1.807, 2.05) is 0 Å². The Morgan fingerprint density at radius 3 is 2.85 bits per heavy atom. The van der Waals surface area contributed by atoms with Crippen LogP contribution in [-0.4, -0.2) is 42.7 Å². The molecule has 0 aliphatic rings. The Kier molecular flexibility index (Phi) is 4.23. The lowest BCUT2D eigenvalue weighted by Gasteiger charge is -2.04. The van der Waals surface area contributed by atoms with Gasteiger partial charge in [-0.15, -0.1) is 9.78 Å². The van der Waals surface area contributed by atoms with Gasteiger partial charge in [-0.25, -0.2) is 9.20 Å². The van der Waals surface area contributed by atoms with Crippen molar-refractivity contribution in [3.8, 4) is 0 Å². The van der Waals surface area contributed by atoms with E-state index in [2.05, 4.69) is 5.10 Å². The number of carbonyl (C=O) groups excluding carboxylic acids is 1. The van der Waals surface area contributed by atoms with Crippen LogP contribution in [0.15, 0.2) is 29.2 Å². The molecule has 0 saturated heterocycles. The highest BCUT2D eigenvalue weighted by Gasteiger charge is 2.16. The standard InChI is InChI=1S/C12H13N3O4S/c1-8(11(17)18)6-20-7-10(16)15-12(19)14-5-3-2-4-9(14)13-15/h2-5,8H,6-7H2,1H3,(H,17,18). The molecule has 2 aromatic rings. The van der Waals surface area contributed by atoms with Crippen molar-refractivity contribution in [2.45, 2.75) is 6.92 Å². The van der Waals surface area contributed by atoms with Crippen LogP contribution in [-0.2, 0) is 4.79 Å². The van der Waals surface area contributed by atoms with Crippen LogP contribution in [0, 0.1) is 5.92 Å². The van der Waals surface area contributed by atoms with Crippen LogP contribution in [0.4, 0.5) is 0 Å². The number of rotatable bonds is 5. The number of fused-ring (bicyclic) bond motifs is 1. The summed E-state index contributed by atoms with van der Waals surface area (Å²) in [6.45, 7) is 1.57. The van der Waals surface area contributed by atoms with Crippen molar-refractivity contribution >= 4 is 29.3 Å². The third-order valence-corrected chi connectivity index (χ3v) is 3.87. The molecule has 2 heterocycles. The minimum Gasteiger partial charge on any atom is -0.481 e. The highest BCUT2D eigenvalue weighted by molar-refractivity contribution is 7.99. The molecule has 0 aromatic carbocycles. The van der Waals surface area contributed by atoms with Gasteiger partial charge in [-0.3, -0.25) is 9.59 Å². The Hall–Kier alpha value is -2.09.